The minimum Gasteiger partial charge on any atom is -0.494 e. The molecule has 1 atom stereocenters. The average molecular weight is 409 g/mol. The Bertz CT molecular complexity index is 539. The smallest absolute Gasteiger partial charge is 0.335 e. The van der Waals surface area contributed by atoms with Crippen molar-refractivity contribution < 1.29 is 24.5 Å². The quantitative estimate of drug-likeness (QED) is 0.312. The molecule has 1 aromatic carbocycles. The highest BCUT2D eigenvalue weighted by atomic mass is 16.5. The summed E-state index contributed by atoms with van der Waals surface area (Å²) in [5, 5.41) is 17.4. The van der Waals surface area contributed by atoms with Gasteiger partial charge in [0.1, 0.15) is 5.75 Å². The van der Waals surface area contributed by atoms with Gasteiger partial charge in [0.25, 0.3) is 0 Å². The maximum absolute atomic E-state index is 10.7. The van der Waals surface area contributed by atoms with Crippen LogP contribution in [0, 0.1) is 5.92 Å². The first-order valence-corrected chi connectivity index (χ1v) is 11.1. The molecule has 1 aromatic rings. The van der Waals surface area contributed by atoms with Crippen molar-refractivity contribution in [3.63, 3.8) is 0 Å². The lowest BCUT2D eigenvalue weighted by Gasteiger charge is -2.06. The number of aliphatic carboxylic acids is 1. The van der Waals surface area contributed by atoms with E-state index in [1.165, 1.54) is 38.5 Å². The summed E-state index contributed by atoms with van der Waals surface area (Å²) >= 11 is 0. The van der Waals surface area contributed by atoms with Crippen molar-refractivity contribution >= 4 is 11.9 Å². The molecule has 0 heterocycles. The molecule has 0 aromatic heterocycles. The number of carboxylic acid groups (broad SMARTS) is 2. The summed E-state index contributed by atoms with van der Waals surface area (Å²) in [5.41, 5.74) is 0.295. The van der Waals surface area contributed by atoms with E-state index in [0.29, 0.717) is 12.2 Å². The predicted octanol–water partition coefficient (Wildman–Crippen LogP) is 6.80. The summed E-state index contributed by atoms with van der Waals surface area (Å²) in [5.74, 6) is -0.912. The molecule has 0 saturated heterocycles. The number of unbranched alkanes of at least 4 members (excludes halogenated alkanes) is 7. The van der Waals surface area contributed by atoms with E-state index in [-0.39, 0.29) is 5.92 Å². The number of hydrogen-bond donors (Lipinski definition) is 2. The van der Waals surface area contributed by atoms with E-state index in [0.717, 1.165) is 37.9 Å². The van der Waals surface area contributed by atoms with Crippen LogP contribution in [-0.4, -0.2) is 28.8 Å². The second-order valence-electron chi connectivity index (χ2n) is 7.38. The van der Waals surface area contributed by atoms with E-state index in [9.17, 15) is 9.59 Å². The van der Waals surface area contributed by atoms with Gasteiger partial charge >= 0.3 is 11.9 Å². The van der Waals surface area contributed by atoms with Gasteiger partial charge in [0, 0.05) is 0 Å². The Kier molecular flexibility index (Phi) is 16.8. The van der Waals surface area contributed by atoms with E-state index < -0.39 is 11.9 Å². The second-order valence-corrected chi connectivity index (χ2v) is 7.38. The Balaban J connectivity index is 0.000000665. The zero-order valence-electron chi connectivity index (χ0n) is 18.5. The zero-order chi connectivity index (χ0) is 21.9. The summed E-state index contributed by atoms with van der Waals surface area (Å²) < 4.78 is 5.58. The molecule has 166 valence electrons. The number of carbonyl (C=O) groups is 2. The molecule has 1 unspecified atom stereocenters. The van der Waals surface area contributed by atoms with Gasteiger partial charge in [0.15, 0.2) is 0 Å². The fraction of sp³-hybridized carbons (Fsp3) is 0.667. The van der Waals surface area contributed by atoms with Crippen LogP contribution < -0.4 is 4.74 Å². The van der Waals surface area contributed by atoms with Gasteiger partial charge in [-0.05, 0) is 43.5 Å². The normalized spacial score (nSPS) is 11.3. The van der Waals surface area contributed by atoms with Crippen LogP contribution in [0.15, 0.2) is 24.3 Å². The Morgan fingerprint density at radius 1 is 0.828 bits per heavy atom. The Hall–Kier alpha value is -2.04. The van der Waals surface area contributed by atoms with Crippen molar-refractivity contribution in [2.45, 2.75) is 91.4 Å². The van der Waals surface area contributed by atoms with Crippen molar-refractivity contribution in [2.75, 3.05) is 6.61 Å². The highest BCUT2D eigenvalue weighted by Crippen LogP contribution is 2.14. The van der Waals surface area contributed by atoms with Gasteiger partial charge < -0.3 is 14.9 Å². The number of aromatic carboxylic acids is 1. The van der Waals surface area contributed by atoms with Gasteiger partial charge in [-0.15, -0.1) is 0 Å². The summed E-state index contributed by atoms with van der Waals surface area (Å²) in [7, 11) is 0. The minimum absolute atomic E-state index is 0.111. The second kappa shape index (κ2) is 18.0. The number of benzene rings is 1. The van der Waals surface area contributed by atoms with Gasteiger partial charge in [0.05, 0.1) is 18.1 Å². The van der Waals surface area contributed by atoms with E-state index in [2.05, 4.69) is 13.8 Å². The van der Waals surface area contributed by atoms with Crippen molar-refractivity contribution in [3.05, 3.63) is 29.8 Å². The SMILES string of the molecule is CCCCC(CC)C(=O)O.CCCCCCCCCOc1ccc(C(=O)O)cc1. The van der Waals surface area contributed by atoms with Crippen molar-refractivity contribution in [2.24, 2.45) is 5.92 Å². The predicted molar refractivity (Wildman–Crippen MR) is 118 cm³/mol. The number of rotatable bonds is 15. The lowest BCUT2D eigenvalue weighted by molar-refractivity contribution is -0.142. The van der Waals surface area contributed by atoms with Crippen LogP contribution in [0.25, 0.3) is 0 Å². The van der Waals surface area contributed by atoms with Crippen LogP contribution in [0.3, 0.4) is 0 Å². The molecule has 0 bridgehead atoms. The summed E-state index contributed by atoms with van der Waals surface area (Å²) in [4.78, 5) is 21.1. The van der Waals surface area contributed by atoms with Crippen molar-refractivity contribution in [1.29, 1.82) is 0 Å². The fourth-order valence-electron chi connectivity index (χ4n) is 2.90. The van der Waals surface area contributed by atoms with Crippen molar-refractivity contribution in [3.8, 4) is 5.75 Å². The molecular formula is C24H40O5. The minimum atomic E-state index is -0.904. The molecule has 29 heavy (non-hydrogen) atoms. The van der Waals surface area contributed by atoms with Crippen LogP contribution in [0.4, 0.5) is 0 Å². The lowest BCUT2D eigenvalue weighted by Crippen LogP contribution is -2.11. The molecule has 1 rings (SSSR count). The number of ether oxygens (including phenoxy) is 1. The van der Waals surface area contributed by atoms with Crippen LogP contribution >= 0.6 is 0 Å². The third-order valence-corrected chi connectivity index (χ3v) is 4.87. The molecule has 0 aliphatic heterocycles. The standard InChI is InChI=1S/C16H24O3.C8H16O2/c1-2-3-4-5-6-7-8-13-19-15-11-9-14(10-12-15)16(17)18;1-3-5-6-7(4-2)8(9)10/h9-12H,2-8,13H2,1H3,(H,17,18);7H,3-6H2,1-2H3,(H,9,10). The van der Waals surface area contributed by atoms with E-state index in [1.807, 2.05) is 6.92 Å². The molecular weight excluding hydrogens is 368 g/mol. The molecule has 5 nitrogen and oxygen atoms in total. The lowest BCUT2D eigenvalue weighted by atomic mass is 10.00. The molecule has 0 fully saturated rings. The molecule has 0 spiro atoms. The first-order chi connectivity index (χ1) is 14.0. The highest BCUT2D eigenvalue weighted by molar-refractivity contribution is 5.87. The zero-order valence-corrected chi connectivity index (χ0v) is 18.5. The summed E-state index contributed by atoms with van der Waals surface area (Å²) in [6.45, 7) is 6.94. The number of carboxylic acids is 2. The Morgan fingerprint density at radius 3 is 1.86 bits per heavy atom. The number of hydrogen-bond acceptors (Lipinski definition) is 3. The van der Waals surface area contributed by atoms with Crippen LogP contribution in [0.1, 0.15) is 102 Å². The topological polar surface area (TPSA) is 83.8 Å². The van der Waals surface area contributed by atoms with Crippen LogP contribution in [0.2, 0.25) is 0 Å². The van der Waals surface area contributed by atoms with Gasteiger partial charge in [-0.3, -0.25) is 4.79 Å². The maximum atomic E-state index is 10.7. The monoisotopic (exact) mass is 408 g/mol. The molecule has 0 aliphatic carbocycles. The Morgan fingerprint density at radius 2 is 1.38 bits per heavy atom. The van der Waals surface area contributed by atoms with E-state index >= 15 is 0 Å². The molecule has 5 heteroatoms. The molecule has 0 saturated carbocycles. The summed E-state index contributed by atoms with van der Waals surface area (Å²) in [6.07, 6.45) is 12.5. The third-order valence-electron chi connectivity index (χ3n) is 4.87. The van der Waals surface area contributed by atoms with Crippen LogP contribution in [0.5, 0.6) is 5.75 Å². The summed E-state index contributed by atoms with van der Waals surface area (Å²) in [6, 6.07) is 6.57. The van der Waals surface area contributed by atoms with Gasteiger partial charge in [-0.2, -0.15) is 0 Å². The maximum Gasteiger partial charge on any atom is 0.335 e. The Labute approximate surface area is 176 Å². The molecule has 2 N–H and O–H groups in total. The van der Waals surface area contributed by atoms with Gasteiger partial charge in [-0.1, -0.05) is 72.1 Å². The van der Waals surface area contributed by atoms with Gasteiger partial charge in [0.2, 0.25) is 0 Å². The molecule has 0 radical (unpaired) electrons. The highest BCUT2D eigenvalue weighted by Gasteiger charge is 2.12. The van der Waals surface area contributed by atoms with Gasteiger partial charge in [-0.25, -0.2) is 4.79 Å². The molecule has 0 aliphatic rings. The average Bonchev–Trinajstić information content (AvgIpc) is 2.71. The fourth-order valence-corrected chi connectivity index (χ4v) is 2.90. The van der Waals surface area contributed by atoms with E-state index in [1.54, 1.807) is 24.3 Å². The van der Waals surface area contributed by atoms with Crippen molar-refractivity contribution in [1.82, 2.24) is 0 Å². The van der Waals surface area contributed by atoms with Crippen LogP contribution in [-0.2, 0) is 4.79 Å². The third kappa shape index (κ3) is 14.6. The first-order valence-electron chi connectivity index (χ1n) is 11.1. The largest absolute Gasteiger partial charge is 0.494 e. The first kappa shape index (κ1) is 27.0. The van der Waals surface area contributed by atoms with E-state index in [4.69, 9.17) is 14.9 Å². The molecule has 0 amide bonds.